The lowest BCUT2D eigenvalue weighted by molar-refractivity contribution is -0.156. The van der Waals surface area contributed by atoms with Gasteiger partial charge in [0.15, 0.2) is 6.29 Å². The third kappa shape index (κ3) is 15.5. The molecule has 7 nitrogen and oxygen atoms in total. The number of ether oxygens (including phenoxy) is 1. The van der Waals surface area contributed by atoms with Crippen LogP contribution in [0, 0.1) is 0 Å². The lowest BCUT2D eigenvalue weighted by atomic mass is 10.0. The summed E-state index contributed by atoms with van der Waals surface area (Å²) in [7, 11) is 0. The van der Waals surface area contributed by atoms with Crippen LogP contribution in [0.1, 0.15) is 98.2 Å². The fourth-order valence-electron chi connectivity index (χ4n) is 3.07. The zero-order valence-electron chi connectivity index (χ0n) is 18.7. The number of carbonyl (C=O) groups is 2. The number of esters is 1. The Labute approximate surface area is 176 Å². The summed E-state index contributed by atoms with van der Waals surface area (Å²) < 4.78 is 12.0. The van der Waals surface area contributed by atoms with Crippen LogP contribution in [0.15, 0.2) is 0 Å². The molecule has 0 aliphatic heterocycles. The summed E-state index contributed by atoms with van der Waals surface area (Å²) in [4.78, 5) is 22.0. The first-order valence-corrected chi connectivity index (χ1v) is 11.1. The number of rotatable bonds is 20. The van der Waals surface area contributed by atoms with Gasteiger partial charge < -0.3 is 30.0 Å². The average Bonchev–Trinajstić information content (AvgIpc) is 2.75. The highest BCUT2D eigenvalue weighted by molar-refractivity contribution is 5.69. The largest absolute Gasteiger partial charge is 0.463 e. The van der Waals surface area contributed by atoms with Crippen molar-refractivity contribution in [2.24, 2.45) is 0 Å². The third-order valence-corrected chi connectivity index (χ3v) is 5.03. The molecule has 0 heterocycles. The Morgan fingerprint density at radius 1 is 0.828 bits per heavy atom. The van der Waals surface area contributed by atoms with Crippen LogP contribution >= 0.6 is 0 Å². The molecule has 0 spiro atoms. The summed E-state index contributed by atoms with van der Waals surface area (Å²) in [6.45, 7) is 0.0432. The summed E-state index contributed by atoms with van der Waals surface area (Å²) in [5.41, 5.74) is 0. The van der Waals surface area contributed by atoms with Gasteiger partial charge in [-0.3, -0.25) is 4.79 Å². The molecule has 0 aromatic rings. The lowest BCUT2D eigenvalue weighted by Gasteiger charge is -2.23. The van der Waals surface area contributed by atoms with Crippen LogP contribution in [-0.2, 0) is 14.3 Å². The molecule has 0 saturated heterocycles. The van der Waals surface area contributed by atoms with Crippen LogP contribution in [-0.4, -0.2) is 63.7 Å². The minimum atomic E-state index is -1.84. The summed E-state index contributed by atoms with van der Waals surface area (Å²) in [5, 5.41) is 37.8. The summed E-state index contributed by atoms with van der Waals surface area (Å²) in [5.74, 6) is -0.491. The first-order chi connectivity index (χ1) is 14.4. The Balaban J connectivity index is 3.50. The molecule has 7 heteroatoms. The number of unbranched alkanes of at least 4 members (excludes halogenated alkanes) is 12. The van der Waals surface area contributed by atoms with E-state index >= 15 is 0 Å². The van der Waals surface area contributed by atoms with Gasteiger partial charge >= 0.3 is 5.97 Å². The fraction of sp³-hybridized carbons (Fsp3) is 0.909. The van der Waals surface area contributed by atoms with Gasteiger partial charge in [0.25, 0.3) is 0 Å². The van der Waals surface area contributed by atoms with Gasteiger partial charge in [0.2, 0.25) is 0 Å². The van der Waals surface area contributed by atoms with Crippen molar-refractivity contribution in [2.45, 2.75) is 121 Å². The molecule has 0 aromatic heterocycles. The molecule has 0 fully saturated rings. The minimum absolute atomic E-state index is 0.0525. The first-order valence-electron chi connectivity index (χ1n) is 11.8. The molecule has 0 aliphatic carbocycles. The molecule has 0 radical (unpaired) electrons. The molecular weight excluding hydrogens is 376 g/mol. The molecule has 4 atom stereocenters. The second-order valence-electron chi connectivity index (χ2n) is 7.70. The van der Waals surface area contributed by atoms with E-state index < -0.39 is 37.0 Å². The van der Waals surface area contributed by atoms with Gasteiger partial charge in [0, 0.05) is 7.79 Å². The van der Waals surface area contributed by atoms with Gasteiger partial charge in [0.1, 0.15) is 31.0 Å². The van der Waals surface area contributed by atoms with Crippen molar-refractivity contribution < 1.29 is 36.1 Å². The van der Waals surface area contributed by atoms with E-state index in [2.05, 4.69) is 0 Å². The molecule has 0 bridgehead atoms. The number of aliphatic hydroxyl groups is 4. The van der Waals surface area contributed by atoms with E-state index in [-0.39, 0.29) is 12.7 Å². The predicted molar refractivity (Wildman–Crippen MR) is 111 cm³/mol. The van der Waals surface area contributed by atoms with E-state index in [1.54, 1.807) is 0 Å². The number of carbonyl (C=O) groups excluding carboxylic acids is 2. The topological polar surface area (TPSA) is 124 Å². The minimum Gasteiger partial charge on any atom is -0.463 e. The smallest absolute Gasteiger partial charge is 0.305 e. The zero-order chi connectivity index (χ0) is 22.6. The van der Waals surface area contributed by atoms with Crippen LogP contribution in [0.2, 0.25) is 0 Å². The van der Waals surface area contributed by atoms with Gasteiger partial charge in [-0.1, -0.05) is 83.9 Å². The Morgan fingerprint density at radius 3 is 1.79 bits per heavy atom. The summed E-state index contributed by atoms with van der Waals surface area (Å²) >= 11 is 0. The standard InChI is InChI=1S/C22H42O7/c1-2-3-4-5-6-7-8-9-10-11-12-13-14-15-20(26)29-17-19(25)22(28)21(27)18(24)16-23/h16,18-19,21-22,24-25,27-28H,2-15,17H2,1H3/t18-,19+,21+,22+/m0/s1/i1D. The van der Waals surface area contributed by atoms with Gasteiger partial charge in [0.05, 0.1) is 0 Å². The van der Waals surface area contributed by atoms with Crippen LogP contribution in [0.4, 0.5) is 0 Å². The van der Waals surface area contributed by atoms with Gasteiger partial charge in [-0.25, -0.2) is 0 Å². The molecule has 0 amide bonds. The van der Waals surface area contributed by atoms with E-state index in [9.17, 15) is 24.9 Å². The van der Waals surface area contributed by atoms with Crippen molar-refractivity contribution in [3.63, 3.8) is 0 Å². The third-order valence-electron chi connectivity index (χ3n) is 5.03. The van der Waals surface area contributed by atoms with Crippen molar-refractivity contribution >= 4 is 12.3 Å². The van der Waals surface area contributed by atoms with Crippen molar-refractivity contribution in [1.29, 1.82) is 0 Å². The first kappa shape index (κ1) is 26.0. The maximum atomic E-state index is 11.7. The van der Waals surface area contributed by atoms with Crippen LogP contribution in [0.3, 0.4) is 0 Å². The van der Waals surface area contributed by atoms with E-state index in [0.29, 0.717) is 13.3 Å². The van der Waals surface area contributed by atoms with Crippen molar-refractivity contribution in [2.75, 3.05) is 6.61 Å². The van der Waals surface area contributed by atoms with Gasteiger partial charge in [-0.2, -0.15) is 0 Å². The highest BCUT2D eigenvalue weighted by Gasteiger charge is 2.30. The molecule has 0 rings (SSSR count). The average molecular weight is 420 g/mol. The highest BCUT2D eigenvalue weighted by Crippen LogP contribution is 2.13. The maximum absolute atomic E-state index is 11.7. The van der Waals surface area contributed by atoms with E-state index in [1.807, 2.05) is 0 Å². The van der Waals surface area contributed by atoms with Crippen molar-refractivity contribution in [3.8, 4) is 0 Å². The van der Waals surface area contributed by atoms with Gasteiger partial charge in [-0.15, -0.1) is 0 Å². The molecule has 0 unspecified atom stereocenters. The van der Waals surface area contributed by atoms with Crippen LogP contribution in [0.5, 0.6) is 0 Å². The second-order valence-corrected chi connectivity index (χ2v) is 7.70. The molecule has 29 heavy (non-hydrogen) atoms. The van der Waals surface area contributed by atoms with Gasteiger partial charge in [-0.05, 0) is 6.42 Å². The molecule has 4 N–H and O–H groups in total. The predicted octanol–water partition coefficient (Wildman–Crippen LogP) is 2.65. The molecule has 0 saturated carbocycles. The second kappa shape index (κ2) is 19.0. The molecule has 0 aliphatic rings. The quantitative estimate of drug-likeness (QED) is 0.136. The molecule has 172 valence electrons. The number of aliphatic hydroxyl groups excluding tert-OH is 4. The molecular formula is C22H42O7. The monoisotopic (exact) mass is 419 g/mol. The van der Waals surface area contributed by atoms with Crippen molar-refractivity contribution in [1.82, 2.24) is 0 Å². The van der Waals surface area contributed by atoms with Crippen LogP contribution in [0.25, 0.3) is 0 Å². The Kier molecular flexibility index (Phi) is 17.0. The van der Waals surface area contributed by atoms with E-state index in [4.69, 9.17) is 11.2 Å². The highest BCUT2D eigenvalue weighted by atomic mass is 16.5. The number of hydrogen-bond acceptors (Lipinski definition) is 7. The zero-order valence-corrected chi connectivity index (χ0v) is 17.7. The fourth-order valence-corrected chi connectivity index (χ4v) is 3.07. The maximum Gasteiger partial charge on any atom is 0.305 e. The van der Waals surface area contributed by atoms with Crippen LogP contribution < -0.4 is 0 Å². The number of hydrogen-bond donors (Lipinski definition) is 4. The normalized spacial score (nSPS) is 15.9. The SMILES string of the molecule is [2H]CCCCCCCCCCCCCCCC(=O)OC[C@@H](O)[C@@H](O)[C@H](O)[C@@H](O)C=O. The Hall–Kier alpha value is -1.02. The summed E-state index contributed by atoms with van der Waals surface area (Å²) in [6, 6.07) is 0. The number of aldehydes is 1. The summed E-state index contributed by atoms with van der Waals surface area (Å²) in [6.07, 6.45) is 8.19. The Morgan fingerprint density at radius 2 is 1.31 bits per heavy atom. The van der Waals surface area contributed by atoms with Crippen molar-refractivity contribution in [3.05, 3.63) is 0 Å². The Bertz CT molecular complexity index is 422. The van der Waals surface area contributed by atoms with E-state index in [1.165, 1.54) is 51.4 Å². The lowest BCUT2D eigenvalue weighted by Crippen LogP contribution is -2.46. The van der Waals surface area contributed by atoms with E-state index in [0.717, 1.165) is 25.7 Å². The molecule has 0 aromatic carbocycles.